The molecule has 0 spiro atoms. The third kappa shape index (κ3) is 5.34. The zero-order valence-corrected chi connectivity index (χ0v) is 18.4. The molecule has 1 fully saturated rings. The third-order valence-corrected chi connectivity index (χ3v) is 5.91. The highest BCUT2D eigenvalue weighted by Crippen LogP contribution is 2.28. The summed E-state index contributed by atoms with van der Waals surface area (Å²) in [6.07, 6.45) is 5.30. The van der Waals surface area contributed by atoms with Crippen molar-refractivity contribution in [3.63, 3.8) is 0 Å². The molecule has 2 heterocycles. The summed E-state index contributed by atoms with van der Waals surface area (Å²) in [7, 11) is 3.55. The van der Waals surface area contributed by atoms with Crippen molar-refractivity contribution >= 4 is 5.91 Å². The average molecular weight is 438 g/mol. The summed E-state index contributed by atoms with van der Waals surface area (Å²) in [5.41, 5.74) is 2.80. The van der Waals surface area contributed by atoms with Gasteiger partial charge in [0, 0.05) is 51.3 Å². The Kier molecular flexibility index (Phi) is 6.85. The number of likely N-dealkylation sites (tertiary alicyclic amines) is 1. The van der Waals surface area contributed by atoms with Crippen LogP contribution in [0.1, 0.15) is 33.8 Å². The number of methoxy groups -OCH3 is 1. The summed E-state index contributed by atoms with van der Waals surface area (Å²) < 4.78 is 26.3. The van der Waals surface area contributed by atoms with Crippen molar-refractivity contribution in [1.82, 2.24) is 14.7 Å². The van der Waals surface area contributed by atoms with Crippen molar-refractivity contribution in [3.8, 4) is 5.75 Å². The van der Waals surface area contributed by atoms with Crippen LogP contribution >= 0.6 is 0 Å². The fraction of sp³-hybridized carbons (Fsp3) is 0.360. The Morgan fingerprint density at radius 3 is 2.59 bits per heavy atom. The van der Waals surface area contributed by atoms with Crippen molar-refractivity contribution in [2.45, 2.75) is 24.9 Å². The summed E-state index contributed by atoms with van der Waals surface area (Å²) in [4.78, 5) is 14.8. The Bertz CT molecular complexity index is 1030. The van der Waals surface area contributed by atoms with Gasteiger partial charge in [-0.3, -0.25) is 9.48 Å². The number of hydrogen-bond donors (Lipinski definition) is 0. The topological polar surface area (TPSA) is 56.6 Å². The number of aryl methyl sites for hydroxylation is 1. The molecule has 0 saturated carbocycles. The Morgan fingerprint density at radius 2 is 1.94 bits per heavy atom. The predicted molar refractivity (Wildman–Crippen MR) is 119 cm³/mol. The van der Waals surface area contributed by atoms with Gasteiger partial charge < -0.3 is 14.4 Å². The van der Waals surface area contributed by atoms with Crippen LogP contribution in [0.2, 0.25) is 0 Å². The molecule has 1 aliphatic rings. The van der Waals surface area contributed by atoms with Crippen molar-refractivity contribution in [1.29, 1.82) is 0 Å². The summed E-state index contributed by atoms with van der Waals surface area (Å²) >= 11 is 0. The van der Waals surface area contributed by atoms with Crippen LogP contribution in [0, 0.1) is 5.82 Å². The molecule has 4 rings (SSSR count). The van der Waals surface area contributed by atoms with E-state index < -0.39 is 0 Å². The minimum atomic E-state index is -0.240. The van der Waals surface area contributed by atoms with Crippen LogP contribution in [0.4, 0.5) is 4.39 Å². The van der Waals surface area contributed by atoms with Crippen molar-refractivity contribution in [3.05, 3.63) is 83.4 Å². The van der Waals surface area contributed by atoms with E-state index >= 15 is 0 Å². The average Bonchev–Trinajstić information content (AvgIpc) is 3.46. The molecule has 0 radical (unpaired) electrons. The smallest absolute Gasteiger partial charge is 0.253 e. The molecule has 2 aromatic carbocycles. The Labute approximate surface area is 187 Å². The van der Waals surface area contributed by atoms with Crippen molar-refractivity contribution < 1.29 is 18.7 Å². The van der Waals surface area contributed by atoms with E-state index in [4.69, 9.17) is 9.47 Å². The fourth-order valence-corrected chi connectivity index (χ4v) is 4.07. The predicted octanol–water partition coefficient (Wildman–Crippen LogP) is 3.83. The molecule has 2 atom stereocenters. The number of carbonyl (C=O) groups is 1. The number of amides is 1. The summed E-state index contributed by atoms with van der Waals surface area (Å²) in [5.74, 6) is 0.705. The molecule has 1 saturated heterocycles. The van der Waals surface area contributed by atoms with Crippen LogP contribution in [0.5, 0.6) is 5.75 Å². The normalized spacial score (nSPS) is 16.8. The minimum Gasteiger partial charge on any atom is -0.491 e. The van der Waals surface area contributed by atoms with Gasteiger partial charge in [0.15, 0.2) is 0 Å². The third-order valence-electron chi connectivity index (χ3n) is 5.91. The second kappa shape index (κ2) is 9.96. The standard InChI is InChI=1S/C25H28FN3O3/c1-28-15-18(14-27-28)13-24(31-2)17-32-23-9-5-20(6-10-23)25(30)29-12-11-21(16-29)19-3-7-22(26)8-4-19/h3-10,14-15,21,24H,11-13,16-17H2,1-2H3/t21-,24?/m0/s1. The number of benzene rings is 2. The summed E-state index contributed by atoms with van der Waals surface area (Å²) in [6.45, 7) is 1.75. The second-order valence-corrected chi connectivity index (χ2v) is 8.21. The second-order valence-electron chi connectivity index (χ2n) is 8.21. The van der Waals surface area contributed by atoms with Crippen LogP contribution in [0.3, 0.4) is 0 Å². The first kappa shape index (κ1) is 22.0. The van der Waals surface area contributed by atoms with Gasteiger partial charge in [-0.1, -0.05) is 12.1 Å². The molecular weight excluding hydrogens is 409 g/mol. The van der Waals surface area contributed by atoms with Crippen LogP contribution < -0.4 is 4.74 Å². The molecule has 6 nitrogen and oxygen atoms in total. The van der Waals surface area contributed by atoms with E-state index in [9.17, 15) is 9.18 Å². The van der Waals surface area contributed by atoms with Gasteiger partial charge >= 0.3 is 0 Å². The van der Waals surface area contributed by atoms with E-state index in [1.54, 1.807) is 23.9 Å². The molecule has 1 aromatic heterocycles. The van der Waals surface area contributed by atoms with Gasteiger partial charge in [-0.25, -0.2) is 4.39 Å². The molecule has 7 heteroatoms. The maximum atomic E-state index is 13.2. The van der Waals surface area contributed by atoms with Gasteiger partial charge in [0.2, 0.25) is 0 Å². The highest BCUT2D eigenvalue weighted by atomic mass is 19.1. The molecule has 32 heavy (non-hydrogen) atoms. The number of halogens is 1. The number of hydrogen-bond acceptors (Lipinski definition) is 4. The van der Waals surface area contributed by atoms with Crippen molar-refractivity contribution in [2.75, 3.05) is 26.8 Å². The molecule has 1 amide bonds. The molecule has 3 aromatic rings. The maximum Gasteiger partial charge on any atom is 0.253 e. The minimum absolute atomic E-state index is 0.00695. The first-order valence-electron chi connectivity index (χ1n) is 10.8. The van der Waals surface area contributed by atoms with Crippen LogP contribution in [0.25, 0.3) is 0 Å². The van der Waals surface area contributed by atoms with E-state index in [2.05, 4.69) is 5.10 Å². The Hall–Kier alpha value is -3.19. The first-order valence-corrected chi connectivity index (χ1v) is 10.8. The van der Waals surface area contributed by atoms with Gasteiger partial charge in [-0.05, 0) is 53.9 Å². The van der Waals surface area contributed by atoms with E-state index in [0.29, 0.717) is 37.4 Å². The lowest BCUT2D eigenvalue weighted by atomic mass is 9.99. The van der Waals surface area contributed by atoms with Gasteiger partial charge in [0.25, 0.3) is 5.91 Å². The van der Waals surface area contributed by atoms with E-state index in [-0.39, 0.29) is 23.7 Å². The quantitative estimate of drug-likeness (QED) is 0.538. The largest absolute Gasteiger partial charge is 0.491 e. The summed E-state index contributed by atoms with van der Waals surface area (Å²) in [6, 6.07) is 13.8. The van der Waals surface area contributed by atoms with Gasteiger partial charge in [-0.2, -0.15) is 5.10 Å². The number of rotatable bonds is 8. The monoisotopic (exact) mass is 437 g/mol. The number of ether oxygens (including phenoxy) is 2. The van der Waals surface area contributed by atoms with Crippen molar-refractivity contribution in [2.24, 2.45) is 7.05 Å². The van der Waals surface area contributed by atoms with Gasteiger partial charge in [-0.15, -0.1) is 0 Å². The molecule has 1 aliphatic heterocycles. The Morgan fingerprint density at radius 1 is 1.19 bits per heavy atom. The number of nitrogens with zero attached hydrogens (tertiary/aromatic N) is 3. The van der Waals surface area contributed by atoms with E-state index in [1.165, 1.54) is 12.1 Å². The molecule has 1 unspecified atom stereocenters. The Balaban J connectivity index is 1.30. The maximum absolute atomic E-state index is 13.2. The lowest BCUT2D eigenvalue weighted by Gasteiger charge is -2.18. The highest BCUT2D eigenvalue weighted by Gasteiger charge is 2.28. The molecule has 168 valence electrons. The molecule has 0 aliphatic carbocycles. The SMILES string of the molecule is COC(COc1ccc(C(=O)N2CC[C@H](c3ccc(F)cc3)C2)cc1)Cc1cnn(C)c1. The van der Waals surface area contributed by atoms with Crippen LogP contribution in [-0.4, -0.2) is 53.5 Å². The number of carbonyl (C=O) groups excluding carboxylic acids is 1. The van der Waals surface area contributed by atoms with Crippen LogP contribution in [-0.2, 0) is 18.2 Å². The van der Waals surface area contributed by atoms with E-state index in [0.717, 1.165) is 17.5 Å². The first-order chi connectivity index (χ1) is 15.5. The van der Waals surface area contributed by atoms with Gasteiger partial charge in [0.05, 0.1) is 12.3 Å². The van der Waals surface area contributed by atoms with E-state index in [1.807, 2.05) is 48.6 Å². The molecule has 0 N–H and O–H groups in total. The van der Waals surface area contributed by atoms with Gasteiger partial charge in [0.1, 0.15) is 18.2 Å². The highest BCUT2D eigenvalue weighted by molar-refractivity contribution is 5.94. The molecular formula is C25H28FN3O3. The number of aromatic nitrogens is 2. The molecule has 0 bridgehead atoms. The lowest BCUT2D eigenvalue weighted by Crippen LogP contribution is -2.28. The fourth-order valence-electron chi connectivity index (χ4n) is 4.07. The lowest BCUT2D eigenvalue weighted by molar-refractivity contribution is 0.0584. The van der Waals surface area contributed by atoms with Crippen LogP contribution in [0.15, 0.2) is 60.9 Å². The summed E-state index contributed by atoms with van der Waals surface area (Å²) in [5, 5.41) is 4.18. The zero-order valence-electron chi connectivity index (χ0n) is 18.4. The zero-order chi connectivity index (χ0) is 22.5.